The van der Waals surface area contributed by atoms with E-state index in [9.17, 15) is 13.2 Å². The zero-order chi connectivity index (χ0) is 13.4. The van der Waals surface area contributed by atoms with E-state index in [1.165, 1.54) is 12.3 Å². The van der Waals surface area contributed by atoms with Crippen molar-refractivity contribution in [3.8, 4) is 0 Å². The Labute approximate surface area is 106 Å². The lowest BCUT2D eigenvalue weighted by molar-refractivity contribution is -0.143. The molecule has 0 amide bonds. The van der Waals surface area contributed by atoms with Gasteiger partial charge >= 0.3 is 5.97 Å². The molecule has 1 aromatic heterocycles. The highest BCUT2D eigenvalue weighted by molar-refractivity contribution is 7.88. The predicted octanol–water partition coefficient (Wildman–Crippen LogP) is 0.437. The van der Waals surface area contributed by atoms with Gasteiger partial charge < -0.3 is 9.26 Å². The minimum Gasteiger partial charge on any atom is -0.466 e. The number of carbonyl (C=O) groups excluding carboxylic acids is 1. The van der Waals surface area contributed by atoms with Crippen LogP contribution < -0.4 is 4.72 Å². The lowest BCUT2D eigenvalue weighted by Crippen LogP contribution is -2.26. The minimum atomic E-state index is -3.44. The molecule has 0 spiro atoms. The SMILES string of the molecule is CCOC(=O)CCCNS(=O)(=O)Cc1ccon1. The van der Waals surface area contributed by atoms with Crippen LogP contribution in [0.2, 0.25) is 0 Å². The maximum Gasteiger partial charge on any atom is 0.305 e. The third kappa shape index (κ3) is 5.78. The predicted molar refractivity (Wildman–Crippen MR) is 63.0 cm³/mol. The van der Waals surface area contributed by atoms with Gasteiger partial charge in [-0.05, 0) is 13.3 Å². The molecule has 0 saturated heterocycles. The Hall–Kier alpha value is -1.41. The molecule has 0 bridgehead atoms. The third-order valence-corrected chi connectivity index (χ3v) is 3.33. The molecule has 102 valence electrons. The molecule has 7 nitrogen and oxygen atoms in total. The quantitative estimate of drug-likeness (QED) is 0.546. The molecular formula is C10H16N2O5S. The average Bonchev–Trinajstić information content (AvgIpc) is 2.77. The van der Waals surface area contributed by atoms with Crippen molar-refractivity contribution in [3.05, 3.63) is 18.0 Å². The maximum atomic E-state index is 11.6. The monoisotopic (exact) mass is 276 g/mol. The molecule has 8 heteroatoms. The van der Waals surface area contributed by atoms with Gasteiger partial charge in [-0.3, -0.25) is 4.79 Å². The molecule has 0 atom stereocenters. The number of nitrogens with one attached hydrogen (secondary N) is 1. The highest BCUT2D eigenvalue weighted by atomic mass is 32.2. The summed E-state index contributed by atoms with van der Waals surface area (Å²) in [6.45, 7) is 2.24. The summed E-state index contributed by atoms with van der Waals surface area (Å²) in [7, 11) is -3.44. The summed E-state index contributed by atoms with van der Waals surface area (Å²) in [5, 5.41) is 3.51. The second-order valence-electron chi connectivity index (χ2n) is 3.55. The van der Waals surface area contributed by atoms with Gasteiger partial charge in [-0.2, -0.15) is 0 Å². The van der Waals surface area contributed by atoms with Gasteiger partial charge in [0.15, 0.2) is 0 Å². The van der Waals surface area contributed by atoms with E-state index in [-0.39, 0.29) is 24.7 Å². The number of esters is 1. The average molecular weight is 276 g/mol. The van der Waals surface area contributed by atoms with E-state index in [1.54, 1.807) is 6.92 Å². The summed E-state index contributed by atoms with van der Waals surface area (Å²) in [6, 6.07) is 1.48. The molecular weight excluding hydrogens is 260 g/mol. The van der Waals surface area contributed by atoms with E-state index < -0.39 is 10.0 Å². The number of carbonyl (C=O) groups is 1. The zero-order valence-electron chi connectivity index (χ0n) is 10.1. The van der Waals surface area contributed by atoms with Crippen molar-refractivity contribution in [2.24, 2.45) is 0 Å². The van der Waals surface area contributed by atoms with E-state index >= 15 is 0 Å². The molecule has 0 unspecified atom stereocenters. The van der Waals surface area contributed by atoms with Gasteiger partial charge in [-0.25, -0.2) is 13.1 Å². The number of sulfonamides is 1. The molecule has 0 aromatic carbocycles. The summed E-state index contributed by atoms with van der Waals surface area (Å²) in [6.07, 6.45) is 1.91. The van der Waals surface area contributed by atoms with E-state index in [2.05, 4.69) is 14.4 Å². The smallest absolute Gasteiger partial charge is 0.305 e. The second kappa shape index (κ2) is 7.12. The summed E-state index contributed by atoms with van der Waals surface area (Å²) >= 11 is 0. The summed E-state index contributed by atoms with van der Waals surface area (Å²) < 4.78 is 34.8. The van der Waals surface area contributed by atoms with Crippen LogP contribution in [-0.4, -0.2) is 32.7 Å². The van der Waals surface area contributed by atoms with Gasteiger partial charge in [0.2, 0.25) is 10.0 Å². The van der Waals surface area contributed by atoms with Crippen molar-refractivity contribution in [1.29, 1.82) is 0 Å². The topological polar surface area (TPSA) is 98.5 Å². The van der Waals surface area contributed by atoms with Crippen molar-refractivity contribution >= 4 is 16.0 Å². The molecule has 0 aliphatic rings. The first kappa shape index (κ1) is 14.7. The van der Waals surface area contributed by atoms with Crippen molar-refractivity contribution < 1.29 is 22.5 Å². The van der Waals surface area contributed by atoms with Gasteiger partial charge in [0.25, 0.3) is 0 Å². The van der Waals surface area contributed by atoms with Crippen LogP contribution in [-0.2, 0) is 25.3 Å². The van der Waals surface area contributed by atoms with E-state index in [0.29, 0.717) is 18.7 Å². The van der Waals surface area contributed by atoms with E-state index in [1.807, 2.05) is 0 Å². The van der Waals surface area contributed by atoms with Crippen LogP contribution in [0.3, 0.4) is 0 Å². The third-order valence-electron chi connectivity index (χ3n) is 2.01. The molecule has 1 heterocycles. The first-order chi connectivity index (χ1) is 8.53. The largest absolute Gasteiger partial charge is 0.466 e. The Kier molecular flexibility index (Phi) is 5.79. The lowest BCUT2D eigenvalue weighted by Gasteiger charge is -2.04. The molecule has 0 aliphatic heterocycles. The fraction of sp³-hybridized carbons (Fsp3) is 0.600. The summed E-state index contributed by atoms with van der Waals surface area (Å²) in [4.78, 5) is 11.0. The van der Waals surface area contributed by atoms with Crippen LogP contribution in [0, 0.1) is 0 Å². The van der Waals surface area contributed by atoms with Crippen molar-refractivity contribution in [2.45, 2.75) is 25.5 Å². The Morgan fingerprint density at radius 1 is 1.56 bits per heavy atom. The number of hydrogen-bond donors (Lipinski definition) is 1. The van der Waals surface area contributed by atoms with E-state index in [4.69, 9.17) is 4.74 Å². The Balaban J connectivity index is 2.24. The fourth-order valence-electron chi connectivity index (χ4n) is 1.25. The van der Waals surface area contributed by atoms with E-state index in [0.717, 1.165) is 0 Å². The van der Waals surface area contributed by atoms with Crippen LogP contribution in [0.1, 0.15) is 25.5 Å². The summed E-state index contributed by atoms with van der Waals surface area (Å²) in [5.74, 6) is -0.559. The molecule has 0 saturated carbocycles. The van der Waals surface area contributed by atoms with Crippen molar-refractivity contribution in [2.75, 3.05) is 13.2 Å². The number of hydrogen-bond acceptors (Lipinski definition) is 6. The van der Waals surface area contributed by atoms with Crippen molar-refractivity contribution in [3.63, 3.8) is 0 Å². The minimum absolute atomic E-state index is 0.193. The lowest BCUT2D eigenvalue weighted by atomic mass is 10.3. The van der Waals surface area contributed by atoms with Gasteiger partial charge in [0.1, 0.15) is 12.0 Å². The number of ether oxygens (including phenoxy) is 1. The van der Waals surface area contributed by atoms with Crippen LogP contribution in [0.5, 0.6) is 0 Å². The fourth-order valence-corrected chi connectivity index (χ4v) is 2.35. The Morgan fingerprint density at radius 2 is 2.33 bits per heavy atom. The number of nitrogens with zero attached hydrogens (tertiary/aromatic N) is 1. The second-order valence-corrected chi connectivity index (χ2v) is 5.36. The highest BCUT2D eigenvalue weighted by Gasteiger charge is 2.13. The maximum absolute atomic E-state index is 11.6. The standard InChI is InChI=1S/C10H16N2O5S/c1-2-16-10(13)4-3-6-11-18(14,15)8-9-5-7-17-12-9/h5,7,11H,2-4,6,8H2,1H3. The van der Waals surface area contributed by atoms with Crippen molar-refractivity contribution in [1.82, 2.24) is 9.88 Å². The van der Waals surface area contributed by atoms with Gasteiger partial charge in [-0.15, -0.1) is 0 Å². The van der Waals surface area contributed by atoms with Gasteiger partial charge in [-0.1, -0.05) is 5.16 Å². The number of aromatic nitrogens is 1. The van der Waals surface area contributed by atoms with Gasteiger partial charge in [0, 0.05) is 19.0 Å². The number of rotatable bonds is 8. The molecule has 1 N–H and O–H groups in total. The Bertz CT molecular complexity index is 455. The molecule has 1 aromatic rings. The molecule has 18 heavy (non-hydrogen) atoms. The Morgan fingerprint density at radius 3 is 2.94 bits per heavy atom. The van der Waals surface area contributed by atoms with Crippen LogP contribution >= 0.6 is 0 Å². The molecule has 1 rings (SSSR count). The first-order valence-corrected chi connectivity index (χ1v) is 7.21. The zero-order valence-corrected chi connectivity index (χ0v) is 10.9. The first-order valence-electron chi connectivity index (χ1n) is 5.55. The van der Waals surface area contributed by atoms with Crippen LogP contribution in [0.15, 0.2) is 16.9 Å². The molecule has 0 fully saturated rings. The van der Waals surface area contributed by atoms with Gasteiger partial charge in [0.05, 0.1) is 12.3 Å². The highest BCUT2D eigenvalue weighted by Crippen LogP contribution is 2.01. The van der Waals surface area contributed by atoms with Crippen LogP contribution in [0.25, 0.3) is 0 Å². The normalized spacial score (nSPS) is 11.4. The molecule has 0 aliphatic carbocycles. The summed E-state index contributed by atoms with van der Waals surface area (Å²) in [5.41, 5.74) is 0.341. The van der Waals surface area contributed by atoms with Crippen LogP contribution in [0.4, 0.5) is 0 Å². The molecule has 0 radical (unpaired) electrons.